The molecule has 3 aromatic rings. The molecule has 0 saturated carbocycles. The van der Waals surface area contributed by atoms with E-state index in [1.807, 2.05) is 6.07 Å². The molecule has 0 amide bonds. The van der Waals surface area contributed by atoms with Gasteiger partial charge >= 0.3 is 5.97 Å². The van der Waals surface area contributed by atoms with Crippen LogP contribution in [-0.4, -0.2) is 25.6 Å². The largest absolute Gasteiger partial charge is 0.508 e. The maximum Gasteiger partial charge on any atom is 0.337 e. The molecule has 5 heteroatoms. The zero-order valence-electron chi connectivity index (χ0n) is 9.82. The fraction of sp³-hybridized carbons (Fsp3) is 0. The number of benzene rings is 1. The molecule has 0 aliphatic carbocycles. The van der Waals surface area contributed by atoms with E-state index >= 15 is 0 Å². The highest BCUT2D eigenvalue weighted by molar-refractivity contribution is 5.88. The fourth-order valence-corrected chi connectivity index (χ4v) is 1.98. The number of carboxylic acids is 1. The van der Waals surface area contributed by atoms with E-state index in [4.69, 9.17) is 5.11 Å². The van der Waals surface area contributed by atoms with Crippen molar-refractivity contribution in [2.24, 2.45) is 0 Å². The van der Waals surface area contributed by atoms with Crippen molar-refractivity contribution in [3.05, 3.63) is 54.4 Å². The number of hydrogen-bond acceptors (Lipinski definition) is 3. The minimum atomic E-state index is -0.988. The maximum absolute atomic E-state index is 11.0. The molecule has 2 aromatic heterocycles. The zero-order valence-corrected chi connectivity index (χ0v) is 9.82. The Balaban J connectivity index is 2.24. The van der Waals surface area contributed by atoms with Crippen LogP contribution in [0.1, 0.15) is 10.4 Å². The van der Waals surface area contributed by atoms with E-state index in [9.17, 15) is 9.90 Å². The topological polar surface area (TPSA) is 74.8 Å². The molecule has 2 N–H and O–H groups in total. The highest BCUT2D eigenvalue weighted by atomic mass is 16.4. The first-order valence-electron chi connectivity index (χ1n) is 5.65. The molecule has 0 bridgehead atoms. The van der Waals surface area contributed by atoms with Crippen LogP contribution in [0.2, 0.25) is 0 Å². The molecule has 0 atom stereocenters. The standard InChI is InChI=1S/C14H10N2O3/c17-12-3-1-2-9(6-12)13-15-7-11-5-4-10(14(18)19)8-16(11)13/h1-8,17H,(H,18,19). The Morgan fingerprint density at radius 1 is 1.21 bits per heavy atom. The van der Waals surface area contributed by atoms with Crippen LogP contribution in [0.25, 0.3) is 16.9 Å². The Labute approximate surface area is 108 Å². The minimum Gasteiger partial charge on any atom is -0.508 e. The van der Waals surface area contributed by atoms with Crippen LogP contribution in [0.5, 0.6) is 5.75 Å². The molecular weight excluding hydrogens is 244 g/mol. The first-order valence-corrected chi connectivity index (χ1v) is 5.65. The summed E-state index contributed by atoms with van der Waals surface area (Å²) in [6, 6.07) is 9.91. The number of aromatic nitrogens is 2. The van der Waals surface area contributed by atoms with E-state index in [1.54, 1.807) is 34.9 Å². The van der Waals surface area contributed by atoms with Crippen LogP contribution in [0.15, 0.2) is 48.8 Å². The molecule has 0 aliphatic heterocycles. The molecular formula is C14H10N2O3. The van der Waals surface area contributed by atoms with Gasteiger partial charge in [0.15, 0.2) is 0 Å². The van der Waals surface area contributed by atoms with Crippen molar-refractivity contribution >= 4 is 11.5 Å². The second kappa shape index (κ2) is 4.13. The van der Waals surface area contributed by atoms with Gasteiger partial charge in [-0.3, -0.25) is 4.40 Å². The van der Waals surface area contributed by atoms with E-state index in [2.05, 4.69) is 4.98 Å². The number of aromatic carboxylic acids is 1. The molecule has 0 unspecified atom stereocenters. The van der Waals surface area contributed by atoms with Crippen LogP contribution < -0.4 is 0 Å². The lowest BCUT2D eigenvalue weighted by Crippen LogP contribution is -1.99. The van der Waals surface area contributed by atoms with Gasteiger partial charge in [0.05, 0.1) is 17.3 Å². The van der Waals surface area contributed by atoms with Gasteiger partial charge in [-0.25, -0.2) is 9.78 Å². The van der Waals surface area contributed by atoms with E-state index in [0.717, 1.165) is 11.1 Å². The summed E-state index contributed by atoms with van der Waals surface area (Å²) in [4.78, 5) is 15.3. The van der Waals surface area contributed by atoms with Crippen LogP contribution in [0.3, 0.4) is 0 Å². The van der Waals surface area contributed by atoms with Crippen molar-refractivity contribution in [1.29, 1.82) is 0 Å². The van der Waals surface area contributed by atoms with E-state index < -0.39 is 5.97 Å². The van der Waals surface area contributed by atoms with Crippen molar-refractivity contribution in [3.8, 4) is 17.1 Å². The molecule has 1 aromatic carbocycles. The molecule has 3 rings (SSSR count). The summed E-state index contributed by atoms with van der Waals surface area (Å²) in [6.07, 6.45) is 3.18. The fourth-order valence-electron chi connectivity index (χ4n) is 1.98. The SMILES string of the molecule is O=C(O)c1ccc2cnc(-c3cccc(O)c3)n2c1. The van der Waals surface area contributed by atoms with Gasteiger partial charge in [-0.2, -0.15) is 0 Å². The van der Waals surface area contributed by atoms with Gasteiger partial charge in [-0.1, -0.05) is 12.1 Å². The van der Waals surface area contributed by atoms with Crippen molar-refractivity contribution < 1.29 is 15.0 Å². The highest BCUT2D eigenvalue weighted by Gasteiger charge is 2.09. The summed E-state index contributed by atoms with van der Waals surface area (Å²) in [5.41, 5.74) is 1.71. The van der Waals surface area contributed by atoms with Gasteiger partial charge in [-0.15, -0.1) is 0 Å². The first kappa shape index (κ1) is 11.3. The predicted octanol–water partition coefficient (Wildman–Crippen LogP) is 2.41. The number of aromatic hydroxyl groups is 1. The third-order valence-corrected chi connectivity index (χ3v) is 2.88. The number of carboxylic acid groups (broad SMARTS) is 1. The van der Waals surface area contributed by atoms with Gasteiger partial charge in [0, 0.05) is 11.8 Å². The molecule has 0 radical (unpaired) electrons. The van der Waals surface area contributed by atoms with Gasteiger partial charge < -0.3 is 10.2 Å². The van der Waals surface area contributed by atoms with Crippen LogP contribution in [0, 0.1) is 0 Å². The third kappa shape index (κ3) is 1.91. The lowest BCUT2D eigenvalue weighted by atomic mass is 10.2. The maximum atomic E-state index is 11.0. The molecule has 0 fully saturated rings. The van der Waals surface area contributed by atoms with Gasteiger partial charge in [-0.05, 0) is 24.3 Å². The van der Waals surface area contributed by atoms with Gasteiger partial charge in [0.2, 0.25) is 0 Å². The molecule has 0 aliphatic rings. The number of fused-ring (bicyclic) bond motifs is 1. The summed E-state index contributed by atoms with van der Waals surface area (Å²) in [5.74, 6) is -0.255. The number of imidazole rings is 1. The van der Waals surface area contributed by atoms with Crippen molar-refractivity contribution in [2.75, 3.05) is 0 Å². The van der Waals surface area contributed by atoms with Crippen LogP contribution >= 0.6 is 0 Å². The number of phenolic OH excluding ortho intramolecular Hbond substituents is 1. The Morgan fingerprint density at radius 2 is 2.05 bits per heavy atom. The number of hydrogen-bond donors (Lipinski definition) is 2. The van der Waals surface area contributed by atoms with Crippen LogP contribution in [-0.2, 0) is 0 Å². The molecule has 5 nitrogen and oxygen atoms in total. The summed E-state index contributed by atoms with van der Waals surface area (Å²) in [6.45, 7) is 0. The quantitative estimate of drug-likeness (QED) is 0.736. The monoisotopic (exact) mass is 254 g/mol. The first-order chi connectivity index (χ1) is 9.15. The normalized spacial score (nSPS) is 10.7. The van der Waals surface area contributed by atoms with Crippen LogP contribution in [0.4, 0.5) is 0 Å². The van der Waals surface area contributed by atoms with E-state index in [0.29, 0.717) is 5.82 Å². The predicted molar refractivity (Wildman–Crippen MR) is 69.3 cm³/mol. The average molecular weight is 254 g/mol. The molecule has 19 heavy (non-hydrogen) atoms. The van der Waals surface area contributed by atoms with Crippen molar-refractivity contribution in [2.45, 2.75) is 0 Å². The number of pyridine rings is 1. The second-order valence-corrected chi connectivity index (χ2v) is 4.15. The number of carbonyl (C=O) groups is 1. The smallest absolute Gasteiger partial charge is 0.337 e. The molecule has 0 spiro atoms. The zero-order chi connectivity index (χ0) is 13.4. The summed E-state index contributed by atoms with van der Waals surface area (Å²) in [5, 5.41) is 18.5. The summed E-state index contributed by atoms with van der Waals surface area (Å²) >= 11 is 0. The average Bonchev–Trinajstić information content (AvgIpc) is 2.81. The Bertz CT molecular complexity index is 777. The molecule has 2 heterocycles. The minimum absolute atomic E-state index is 0.142. The van der Waals surface area contributed by atoms with E-state index in [-0.39, 0.29) is 11.3 Å². The Morgan fingerprint density at radius 3 is 2.79 bits per heavy atom. The molecule has 94 valence electrons. The summed E-state index contributed by atoms with van der Waals surface area (Å²) < 4.78 is 1.69. The number of phenols is 1. The molecule has 0 saturated heterocycles. The Kier molecular flexibility index (Phi) is 2.45. The van der Waals surface area contributed by atoms with Gasteiger partial charge in [0.1, 0.15) is 11.6 Å². The highest BCUT2D eigenvalue weighted by Crippen LogP contribution is 2.23. The van der Waals surface area contributed by atoms with Crippen molar-refractivity contribution in [1.82, 2.24) is 9.38 Å². The van der Waals surface area contributed by atoms with Crippen molar-refractivity contribution in [3.63, 3.8) is 0 Å². The van der Waals surface area contributed by atoms with Gasteiger partial charge in [0.25, 0.3) is 0 Å². The summed E-state index contributed by atoms with van der Waals surface area (Å²) in [7, 11) is 0. The van der Waals surface area contributed by atoms with E-state index in [1.165, 1.54) is 12.3 Å². The number of nitrogens with zero attached hydrogens (tertiary/aromatic N) is 2. The number of rotatable bonds is 2. The lowest BCUT2D eigenvalue weighted by molar-refractivity contribution is 0.0696. The third-order valence-electron chi connectivity index (χ3n) is 2.88. The second-order valence-electron chi connectivity index (χ2n) is 4.15. The lowest BCUT2D eigenvalue weighted by Gasteiger charge is -2.03. The Hall–Kier alpha value is -2.82.